The van der Waals surface area contributed by atoms with Crippen molar-refractivity contribution in [3.63, 3.8) is 0 Å². The molecule has 1 unspecified atom stereocenters. The van der Waals surface area contributed by atoms with Gasteiger partial charge >= 0.3 is 0 Å². The molecule has 0 saturated heterocycles. The summed E-state index contributed by atoms with van der Waals surface area (Å²) >= 11 is 0. The Morgan fingerprint density at radius 3 is 2.15 bits per heavy atom. The summed E-state index contributed by atoms with van der Waals surface area (Å²) in [5, 5.41) is 2.93. The van der Waals surface area contributed by atoms with Crippen LogP contribution in [0.3, 0.4) is 0 Å². The SMILES string of the molecule is CCC(=O)c1ccc(C(=O)NC(CN)CC(C)C)cc1. The van der Waals surface area contributed by atoms with Gasteiger partial charge in [0.25, 0.3) is 5.91 Å². The van der Waals surface area contributed by atoms with Gasteiger partial charge in [0.15, 0.2) is 5.78 Å². The van der Waals surface area contributed by atoms with Crippen LogP contribution in [0.15, 0.2) is 24.3 Å². The zero-order chi connectivity index (χ0) is 15.1. The molecule has 1 aromatic rings. The van der Waals surface area contributed by atoms with Crippen LogP contribution in [0.5, 0.6) is 0 Å². The summed E-state index contributed by atoms with van der Waals surface area (Å²) in [5.41, 5.74) is 6.87. The number of carbonyl (C=O) groups excluding carboxylic acids is 2. The van der Waals surface area contributed by atoms with Crippen molar-refractivity contribution in [3.8, 4) is 0 Å². The lowest BCUT2D eigenvalue weighted by Crippen LogP contribution is -2.41. The van der Waals surface area contributed by atoms with Crippen molar-refractivity contribution < 1.29 is 9.59 Å². The first-order valence-corrected chi connectivity index (χ1v) is 7.12. The molecule has 1 atom stereocenters. The zero-order valence-electron chi connectivity index (χ0n) is 12.5. The van der Waals surface area contributed by atoms with E-state index in [1.54, 1.807) is 24.3 Å². The van der Waals surface area contributed by atoms with Crippen LogP contribution in [0, 0.1) is 5.92 Å². The number of nitrogens with two attached hydrogens (primary N) is 1. The fourth-order valence-corrected chi connectivity index (χ4v) is 2.06. The highest BCUT2D eigenvalue weighted by molar-refractivity contribution is 5.98. The second kappa shape index (κ2) is 7.80. The summed E-state index contributed by atoms with van der Waals surface area (Å²) in [6.07, 6.45) is 1.32. The fourth-order valence-electron chi connectivity index (χ4n) is 2.06. The van der Waals surface area contributed by atoms with Crippen molar-refractivity contribution in [1.82, 2.24) is 5.32 Å². The van der Waals surface area contributed by atoms with Crippen LogP contribution < -0.4 is 11.1 Å². The highest BCUT2D eigenvalue weighted by Gasteiger charge is 2.14. The van der Waals surface area contributed by atoms with Crippen LogP contribution in [-0.4, -0.2) is 24.3 Å². The van der Waals surface area contributed by atoms with E-state index in [1.807, 2.05) is 6.92 Å². The summed E-state index contributed by atoms with van der Waals surface area (Å²) in [7, 11) is 0. The molecule has 4 nitrogen and oxygen atoms in total. The van der Waals surface area contributed by atoms with E-state index >= 15 is 0 Å². The smallest absolute Gasteiger partial charge is 0.251 e. The monoisotopic (exact) mass is 276 g/mol. The molecule has 4 heteroatoms. The van der Waals surface area contributed by atoms with Gasteiger partial charge in [-0.1, -0.05) is 32.9 Å². The molecule has 0 aliphatic heterocycles. The molecule has 0 heterocycles. The van der Waals surface area contributed by atoms with Crippen LogP contribution in [0.25, 0.3) is 0 Å². The Morgan fingerprint density at radius 1 is 1.15 bits per heavy atom. The van der Waals surface area contributed by atoms with Crippen molar-refractivity contribution in [2.45, 2.75) is 39.7 Å². The summed E-state index contributed by atoms with van der Waals surface area (Å²) in [4.78, 5) is 23.6. The molecule has 1 rings (SSSR count). The van der Waals surface area contributed by atoms with Gasteiger partial charge in [-0.2, -0.15) is 0 Å². The number of benzene rings is 1. The maximum absolute atomic E-state index is 12.1. The minimum Gasteiger partial charge on any atom is -0.348 e. The topological polar surface area (TPSA) is 72.2 Å². The van der Waals surface area contributed by atoms with Crippen LogP contribution in [0.4, 0.5) is 0 Å². The predicted octanol–water partition coefficient (Wildman–Crippen LogP) is 2.38. The molecule has 1 aromatic carbocycles. The Hall–Kier alpha value is -1.68. The Kier molecular flexibility index (Phi) is 6.39. The van der Waals surface area contributed by atoms with Gasteiger partial charge in [-0.15, -0.1) is 0 Å². The van der Waals surface area contributed by atoms with E-state index in [0.29, 0.717) is 30.0 Å². The van der Waals surface area contributed by atoms with Gasteiger partial charge in [0.1, 0.15) is 0 Å². The van der Waals surface area contributed by atoms with E-state index in [2.05, 4.69) is 19.2 Å². The van der Waals surface area contributed by atoms with Gasteiger partial charge < -0.3 is 11.1 Å². The lowest BCUT2D eigenvalue weighted by atomic mass is 10.0. The lowest BCUT2D eigenvalue weighted by Gasteiger charge is -2.18. The van der Waals surface area contributed by atoms with Crippen molar-refractivity contribution in [2.24, 2.45) is 11.7 Å². The molecule has 0 fully saturated rings. The molecule has 0 bridgehead atoms. The molecule has 0 spiro atoms. The summed E-state index contributed by atoms with van der Waals surface area (Å²) in [6.45, 7) is 6.44. The molecule has 20 heavy (non-hydrogen) atoms. The fraction of sp³-hybridized carbons (Fsp3) is 0.500. The van der Waals surface area contributed by atoms with E-state index in [0.717, 1.165) is 6.42 Å². The normalized spacial score (nSPS) is 12.2. The Bertz CT molecular complexity index is 452. The second-order valence-electron chi connectivity index (χ2n) is 5.39. The molecule has 0 aliphatic rings. The maximum Gasteiger partial charge on any atom is 0.251 e. The van der Waals surface area contributed by atoms with Crippen LogP contribution in [0.1, 0.15) is 54.3 Å². The summed E-state index contributed by atoms with van der Waals surface area (Å²) < 4.78 is 0. The third-order valence-corrected chi connectivity index (χ3v) is 3.17. The van der Waals surface area contributed by atoms with E-state index in [4.69, 9.17) is 5.73 Å². The number of rotatable bonds is 7. The average Bonchev–Trinajstić information content (AvgIpc) is 2.45. The highest BCUT2D eigenvalue weighted by Crippen LogP contribution is 2.09. The molecule has 1 amide bonds. The number of hydrogen-bond acceptors (Lipinski definition) is 3. The first-order valence-electron chi connectivity index (χ1n) is 7.12. The van der Waals surface area contributed by atoms with E-state index in [9.17, 15) is 9.59 Å². The Labute approximate surface area is 120 Å². The van der Waals surface area contributed by atoms with Crippen LogP contribution in [0.2, 0.25) is 0 Å². The van der Waals surface area contributed by atoms with Crippen molar-refractivity contribution >= 4 is 11.7 Å². The average molecular weight is 276 g/mol. The molecule has 110 valence electrons. The van der Waals surface area contributed by atoms with E-state index in [1.165, 1.54) is 0 Å². The Morgan fingerprint density at radius 2 is 1.70 bits per heavy atom. The van der Waals surface area contributed by atoms with Gasteiger partial charge in [-0.05, 0) is 24.5 Å². The van der Waals surface area contributed by atoms with Gasteiger partial charge in [0, 0.05) is 30.1 Å². The summed E-state index contributed by atoms with van der Waals surface area (Å²) in [6, 6.07) is 6.74. The van der Waals surface area contributed by atoms with Gasteiger partial charge in [-0.25, -0.2) is 0 Å². The molecule has 0 radical (unpaired) electrons. The van der Waals surface area contributed by atoms with Crippen LogP contribution >= 0.6 is 0 Å². The third kappa shape index (κ3) is 4.78. The number of carbonyl (C=O) groups is 2. The number of Topliss-reactive ketones (excluding diaryl/α,β-unsaturated/α-hetero) is 1. The minimum absolute atomic E-state index is 0.0144. The highest BCUT2D eigenvalue weighted by atomic mass is 16.1. The zero-order valence-corrected chi connectivity index (χ0v) is 12.5. The van der Waals surface area contributed by atoms with Gasteiger partial charge in [-0.3, -0.25) is 9.59 Å². The molecular formula is C16H24N2O2. The lowest BCUT2D eigenvalue weighted by molar-refractivity contribution is 0.0931. The Balaban J connectivity index is 2.70. The number of amides is 1. The van der Waals surface area contributed by atoms with Gasteiger partial charge in [0.05, 0.1) is 0 Å². The molecule has 0 aromatic heterocycles. The number of nitrogens with one attached hydrogen (secondary N) is 1. The molecule has 0 saturated carbocycles. The third-order valence-electron chi connectivity index (χ3n) is 3.17. The summed E-state index contributed by atoms with van der Waals surface area (Å²) in [5.74, 6) is 0.418. The largest absolute Gasteiger partial charge is 0.348 e. The first kappa shape index (κ1) is 16.4. The predicted molar refractivity (Wildman–Crippen MR) is 80.8 cm³/mol. The van der Waals surface area contributed by atoms with Crippen molar-refractivity contribution in [2.75, 3.05) is 6.54 Å². The number of ketones is 1. The van der Waals surface area contributed by atoms with Crippen LogP contribution in [-0.2, 0) is 0 Å². The number of hydrogen-bond donors (Lipinski definition) is 2. The molecular weight excluding hydrogens is 252 g/mol. The second-order valence-corrected chi connectivity index (χ2v) is 5.39. The molecule has 3 N–H and O–H groups in total. The van der Waals surface area contributed by atoms with Gasteiger partial charge in [0.2, 0.25) is 0 Å². The van der Waals surface area contributed by atoms with Crippen molar-refractivity contribution in [3.05, 3.63) is 35.4 Å². The first-order chi connectivity index (χ1) is 9.47. The van der Waals surface area contributed by atoms with Crippen molar-refractivity contribution in [1.29, 1.82) is 0 Å². The quantitative estimate of drug-likeness (QED) is 0.751. The minimum atomic E-state index is -0.142. The van der Waals surface area contributed by atoms with E-state index < -0.39 is 0 Å². The van der Waals surface area contributed by atoms with E-state index in [-0.39, 0.29) is 17.7 Å². The molecule has 0 aliphatic carbocycles. The maximum atomic E-state index is 12.1. The standard InChI is InChI=1S/C16H24N2O2/c1-4-15(19)12-5-7-13(8-6-12)16(20)18-14(10-17)9-11(2)3/h5-8,11,14H,4,9-10,17H2,1-3H3,(H,18,20).